The highest BCUT2D eigenvalue weighted by molar-refractivity contribution is 5.91. The molecule has 0 saturated carbocycles. The van der Waals surface area contributed by atoms with Gasteiger partial charge in [-0.3, -0.25) is 9.69 Å². The molecule has 2 heterocycles. The van der Waals surface area contributed by atoms with E-state index >= 15 is 0 Å². The highest BCUT2D eigenvalue weighted by atomic mass is 16.5. The average molecular weight is 291 g/mol. The quantitative estimate of drug-likeness (QED) is 0.902. The second-order valence-corrected chi connectivity index (χ2v) is 5.86. The van der Waals surface area contributed by atoms with Crippen LogP contribution < -0.4 is 5.32 Å². The second-order valence-electron chi connectivity index (χ2n) is 5.86. The number of likely N-dealkylation sites (tertiary alicyclic amines) is 1. The van der Waals surface area contributed by atoms with Gasteiger partial charge in [0.25, 0.3) is 0 Å². The van der Waals surface area contributed by atoms with Gasteiger partial charge >= 0.3 is 0 Å². The number of aromatic nitrogens is 1. The molecule has 1 N–H and O–H groups in total. The van der Waals surface area contributed by atoms with Gasteiger partial charge in [0.2, 0.25) is 5.91 Å². The van der Waals surface area contributed by atoms with E-state index in [4.69, 9.17) is 4.74 Å². The number of rotatable bonds is 5. The van der Waals surface area contributed by atoms with Crippen molar-refractivity contribution in [2.75, 3.05) is 32.1 Å². The van der Waals surface area contributed by atoms with Crippen molar-refractivity contribution in [3.63, 3.8) is 0 Å². The van der Waals surface area contributed by atoms with Gasteiger partial charge < -0.3 is 10.1 Å². The Morgan fingerprint density at radius 1 is 1.57 bits per heavy atom. The van der Waals surface area contributed by atoms with Crippen LogP contribution in [0.5, 0.6) is 0 Å². The van der Waals surface area contributed by atoms with Crippen molar-refractivity contribution < 1.29 is 9.53 Å². The van der Waals surface area contributed by atoms with Gasteiger partial charge in [0.05, 0.1) is 12.0 Å². The number of anilines is 1. The van der Waals surface area contributed by atoms with Crippen molar-refractivity contribution in [3.05, 3.63) is 23.9 Å². The Bertz CT molecular complexity index is 461. The van der Waals surface area contributed by atoms with Crippen LogP contribution in [0.15, 0.2) is 18.3 Å². The van der Waals surface area contributed by atoms with Crippen LogP contribution in [0.1, 0.15) is 25.3 Å². The van der Waals surface area contributed by atoms with Gasteiger partial charge in [0, 0.05) is 26.4 Å². The molecular formula is C16H25N3O2. The summed E-state index contributed by atoms with van der Waals surface area (Å²) in [5, 5.41) is 2.92. The molecule has 0 bridgehead atoms. The van der Waals surface area contributed by atoms with Crippen LogP contribution in [0.4, 0.5) is 5.82 Å². The SMILES string of the molecule is COC(C)CN1CCCC(C(=O)Nc2ccc(C)cn2)C1. The zero-order valence-electron chi connectivity index (χ0n) is 13.1. The number of carbonyl (C=O) groups is 1. The van der Waals surface area contributed by atoms with E-state index in [1.165, 1.54) is 0 Å². The lowest BCUT2D eigenvalue weighted by Crippen LogP contribution is -2.43. The number of ether oxygens (including phenoxy) is 1. The van der Waals surface area contributed by atoms with Crippen LogP contribution in [0, 0.1) is 12.8 Å². The van der Waals surface area contributed by atoms with E-state index in [-0.39, 0.29) is 17.9 Å². The molecule has 1 saturated heterocycles. The molecule has 0 spiro atoms. The van der Waals surface area contributed by atoms with E-state index in [1.54, 1.807) is 13.3 Å². The number of carbonyl (C=O) groups excluding carboxylic acids is 1. The minimum Gasteiger partial charge on any atom is -0.380 e. The van der Waals surface area contributed by atoms with Gasteiger partial charge in [-0.1, -0.05) is 6.07 Å². The van der Waals surface area contributed by atoms with Gasteiger partial charge in [0.15, 0.2) is 0 Å². The van der Waals surface area contributed by atoms with Crippen molar-refractivity contribution in [3.8, 4) is 0 Å². The predicted octanol–water partition coefficient (Wildman–Crippen LogP) is 2.08. The fourth-order valence-corrected chi connectivity index (χ4v) is 2.64. The monoisotopic (exact) mass is 291 g/mol. The third-order valence-electron chi connectivity index (χ3n) is 3.96. The molecule has 116 valence electrons. The van der Waals surface area contributed by atoms with Crippen LogP contribution in [-0.2, 0) is 9.53 Å². The van der Waals surface area contributed by atoms with Gasteiger partial charge in [-0.2, -0.15) is 0 Å². The molecule has 1 aromatic heterocycles. The lowest BCUT2D eigenvalue weighted by Gasteiger charge is -2.33. The molecule has 5 heteroatoms. The Labute approximate surface area is 126 Å². The van der Waals surface area contributed by atoms with Crippen molar-refractivity contribution in [2.24, 2.45) is 5.92 Å². The smallest absolute Gasteiger partial charge is 0.229 e. The topological polar surface area (TPSA) is 54.5 Å². The van der Waals surface area contributed by atoms with E-state index in [0.717, 1.165) is 38.0 Å². The van der Waals surface area contributed by atoms with Gasteiger partial charge in [-0.05, 0) is 44.9 Å². The maximum atomic E-state index is 12.3. The number of aryl methyl sites for hydroxylation is 1. The summed E-state index contributed by atoms with van der Waals surface area (Å²) in [6.45, 7) is 6.75. The Morgan fingerprint density at radius 3 is 3.05 bits per heavy atom. The molecule has 0 aromatic carbocycles. The normalized spacial score (nSPS) is 21.0. The maximum absolute atomic E-state index is 12.3. The van der Waals surface area contributed by atoms with Crippen LogP contribution in [0.3, 0.4) is 0 Å². The molecule has 1 aliphatic heterocycles. The van der Waals surface area contributed by atoms with E-state index in [1.807, 2.05) is 19.1 Å². The van der Waals surface area contributed by atoms with Crippen LogP contribution in [-0.4, -0.2) is 48.6 Å². The Balaban J connectivity index is 1.88. The summed E-state index contributed by atoms with van der Waals surface area (Å²) in [6, 6.07) is 3.80. The van der Waals surface area contributed by atoms with Crippen molar-refractivity contribution in [1.29, 1.82) is 0 Å². The highest BCUT2D eigenvalue weighted by Gasteiger charge is 2.26. The number of hydrogen-bond acceptors (Lipinski definition) is 4. The number of hydrogen-bond donors (Lipinski definition) is 1. The molecule has 1 aliphatic rings. The van der Waals surface area contributed by atoms with Crippen LogP contribution in [0.2, 0.25) is 0 Å². The maximum Gasteiger partial charge on any atom is 0.229 e. The summed E-state index contributed by atoms with van der Waals surface area (Å²) >= 11 is 0. The number of pyridine rings is 1. The average Bonchev–Trinajstić information content (AvgIpc) is 2.49. The molecule has 21 heavy (non-hydrogen) atoms. The number of nitrogens with one attached hydrogen (secondary N) is 1. The van der Waals surface area contributed by atoms with Crippen LogP contribution in [0.25, 0.3) is 0 Å². The van der Waals surface area contributed by atoms with Gasteiger partial charge in [-0.15, -0.1) is 0 Å². The highest BCUT2D eigenvalue weighted by Crippen LogP contribution is 2.18. The molecule has 1 amide bonds. The first-order chi connectivity index (χ1) is 10.1. The molecular weight excluding hydrogens is 266 g/mol. The van der Waals surface area contributed by atoms with E-state index in [0.29, 0.717) is 5.82 Å². The summed E-state index contributed by atoms with van der Waals surface area (Å²) in [4.78, 5) is 18.9. The Hall–Kier alpha value is -1.46. The van der Waals surface area contributed by atoms with E-state index < -0.39 is 0 Å². The number of nitrogens with zero attached hydrogens (tertiary/aromatic N) is 2. The van der Waals surface area contributed by atoms with Crippen molar-refractivity contribution >= 4 is 11.7 Å². The first kappa shape index (κ1) is 15.9. The summed E-state index contributed by atoms with van der Waals surface area (Å²) in [5.41, 5.74) is 1.09. The second kappa shape index (κ2) is 7.52. The van der Waals surface area contributed by atoms with Gasteiger partial charge in [-0.25, -0.2) is 4.98 Å². The Morgan fingerprint density at radius 2 is 2.38 bits per heavy atom. The lowest BCUT2D eigenvalue weighted by molar-refractivity contribution is -0.121. The van der Waals surface area contributed by atoms with E-state index in [9.17, 15) is 4.79 Å². The van der Waals surface area contributed by atoms with Gasteiger partial charge in [0.1, 0.15) is 5.82 Å². The molecule has 2 rings (SSSR count). The predicted molar refractivity (Wildman–Crippen MR) is 83.2 cm³/mol. The third kappa shape index (κ3) is 4.79. The first-order valence-electron chi connectivity index (χ1n) is 7.57. The molecule has 0 radical (unpaired) electrons. The standard InChI is InChI=1S/C16H25N3O2/c1-12-6-7-15(17-9-12)18-16(20)14-5-4-8-19(11-14)10-13(2)21-3/h6-7,9,13-14H,4-5,8,10-11H2,1-3H3,(H,17,18,20). The molecule has 1 aromatic rings. The van der Waals surface area contributed by atoms with Crippen molar-refractivity contribution in [1.82, 2.24) is 9.88 Å². The Kier molecular flexibility index (Phi) is 5.70. The summed E-state index contributed by atoms with van der Waals surface area (Å²) in [6.07, 6.45) is 3.96. The first-order valence-corrected chi connectivity index (χ1v) is 7.57. The number of methoxy groups -OCH3 is 1. The lowest BCUT2D eigenvalue weighted by atomic mass is 9.97. The molecule has 5 nitrogen and oxygen atoms in total. The zero-order valence-corrected chi connectivity index (χ0v) is 13.1. The molecule has 2 unspecified atom stereocenters. The fourth-order valence-electron chi connectivity index (χ4n) is 2.64. The minimum atomic E-state index is 0.0332. The summed E-state index contributed by atoms with van der Waals surface area (Å²) in [5.74, 6) is 0.736. The summed E-state index contributed by atoms with van der Waals surface area (Å²) in [7, 11) is 1.72. The number of amides is 1. The molecule has 0 aliphatic carbocycles. The molecule has 1 fully saturated rings. The fraction of sp³-hybridized carbons (Fsp3) is 0.625. The largest absolute Gasteiger partial charge is 0.380 e. The minimum absolute atomic E-state index is 0.0332. The summed E-state index contributed by atoms with van der Waals surface area (Å²) < 4.78 is 5.30. The van der Waals surface area contributed by atoms with Crippen molar-refractivity contribution in [2.45, 2.75) is 32.8 Å². The third-order valence-corrected chi connectivity index (χ3v) is 3.96. The molecule has 2 atom stereocenters. The number of piperidine rings is 1. The van der Waals surface area contributed by atoms with E-state index in [2.05, 4.69) is 22.1 Å². The zero-order chi connectivity index (χ0) is 15.2. The van der Waals surface area contributed by atoms with Crippen LogP contribution >= 0.6 is 0 Å².